The van der Waals surface area contributed by atoms with Crippen molar-refractivity contribution >= 4 is 27.8 Å². The summed E-state index contributed by atoms with van der Waals surface area (Å²) in [7, 11) is -1.72. The molecule has 1 amide bonds. The highest BCUT2D eigenvalue weighted by Gasteiger charge is 2.36. The van der Waals surface area contributed by atoms with E-state index in [1.807, 2.05) is 13.8 Å². The monoisotopic (exact) mass is 425 g/mol. The second-order valence-electron chi connectivity index (χ2n) is 6.99. The minimum Gasteiger partial charge on any atom is -0.504 e. The van der Waals surface area contributed by atoms with Crippen LogP contribution in [0.5, 0.6) is 11.5 Å². The first-order chi connectivity index (χ1) is 13.7. The van der Waals surface area contributed by atoms with Crippen LogP contribution in [-0.4, -0.2) is 67.6 Å². The number of hydrogen-bond acceptors (Lipinski definition) is 7. The molecule has 0 radical (unpaired) electrons. The van der Waals surface area contributed by atoms with Gasteiger partial charge in [-0.25, -0.2) is 13.2 Å². The van der Waals surface area contributed by atoms with Crippen LogP contribution in [0.4, 0.5) is 0 Å². The number of hydrogen-bond donors (Lipinski definition) is 1. The fourth-order valence-electron chi connectivity index (χ4n) is 3.22. The third-order valence-corrected chi connectivity index (χ3v) is 6.66. The van der Waals surface area contributed by atoms with Gasteiger partial charge >= 0.3 is 5.97 Å². The molecule has 1 aliphatic rings. The Labute approximate surface area is 171 Å². The standard InChI is InChI=1S/C20H27NO7S/c1-4-14(2)21(16-9-10-29(25,26)13-16)19(23)12-28-20(24)8-6-15-5-7-17(22)18(11-15)27-3/h5-8,11,14,16,22H,4,9-10,12-13H2,1-3H3/b8-6+/t14-,16-/m1/s1. The summed E-state index contributed by atoms with van der Waals surface area (Å²) in [6, 6.07) is 4.04. The molecule has 0 saturated carbocycles. The fourth-order valence-corrected chi connectivity index (χ4v) is 4.93. The zero-order valence-electron chi connectivity index (χ0n) is 16.8. The maximum absolute atomic E-state index is 12.6. The minimum atomic E-state index is -3.14. The van der Waals surface area contributed by atoms with Crippen LogP contribution in [0.25, 0.3) is 6.08 Å². The molecular formula is C20H27NO7S. The van der Waals surface area contributed by atoms with Gasteiger partial charge in [0.05, 0.1) is 18.6 Å². The maximum Gasteiger partial charge on any atom is 0.331 e. The number of esters is 1. The van der Waals surface area contributed by atoms with Crippen molar-refractivity contribution in [2.45, 2.75) is 38.8 Å². The van der Waals surface area contributed by atoms with Gasteiger partial charge in [0.15, 0.2) is 27.9 Å². The van der Waals surface area contributed by atoms with E-state index in [4.69, 9.17) is 9.47 Å². The lowest BCUT2D eigenvalue weighted by molar-refractivity contribution is -0.150. The first-order valence-electron chi connectivity index (χ1n) is 9.40. The summed E-state index contributed by atoms with van der Waals surface area (Å²) in [5, 5.41) is 9.58. The van der Waals surface area contributed by atoms with E-state index >= 15 is 0 Å². The van der Waals surface area contributed by atoms with E-state index in [-0.39, 0.29) is 35.1 Å². The van der Waals surface area contributed by atoms with E-state index in [1.54, 1.807) is 12.1 Å². The molecule has 1 saturated heterocycles. The number of nitrogens with zero attached hydrogens (tertiary/aromatic N) is 1. The van der Waals surface area contributed by atoms with Crippen molar-refractivity contribution in [3.63, 3.8) is 0 Å². The van der Waals surface area contributed by atoms with E-state index in [9.17, 15) is 23.1 Å². The Bertz CT molecular complexity index is 879. The molecular weight excluding hydrogens is 398 g/mol. The third kappa shape index (κ3) is 6.22. The summed E-state index contributed by atoms with van der Waals surface area (Å²) >= 11 is 0. The molecule has 1 aliphatic heterocycles. The van der Waals surface area contributed by atoms with Gasteiger partial charge in [0, 0.05) is 18.2 Å². The number of phenols is 1. The lowest BCUT2D eigenvalue weighted by Crippen LogP contribution is -2.48. The Morgan fingerprint density at radius 1 is 1.38 bits per heavy atom. The third-order valence-electron chi connectivity index (χ3n) is 4.91. The van der Waals surface area contributed by atoms with Crippen molar-refractivity contribution in [1.29, 1.82) is 0 Å². The van der Waals surface area contributed by atoms with Gasteiger partial charge < -0.3 is 19.5 Å². The topological polar surface area (TPSA) is 110 Å². The zero-order chi connectivity index (χ0) is 21.6. The van der Waals surface area contributed by atoms with Crippen LogP contribution < -0.4 is 4.74 Å². The van der Waals surface area contributed by atoms with Crippen molar-refractivity contribution in [3.8, 4) is 11.5 Å². The van der Waals surface area contributed by atoms with Crippen molar-refractivity contribution in [2.75, 3.05) is 25.2 Å². The number of carbonyl (C=O) groups is 2. The van der Waals surface area contributed by atoms with Crippen molar-refractivity contribution in [2.24, 2.45) is 0 Å². The van der Waals surface area contributed by atoms with Crippen LogP contribution in [0, 0.1) is 0 Å². The van der Waals surface area contributed by atoms with Crippen molar-refractivity contribution in [3.05, 3.63) is 29.8 Å². The van der Waals surface area contributed by atoms with Crippen LogP contribution in [0.3, 0.4) is 0 Å². The molecule has 0 spiro atoms. The van der Waals surface area contributed by atoms with Crippen LogP contribution in [0.1, 0.15) is 32.3 Å². The lowest BCUT2D eigenvalue weighted by atomic mass is 10.1. The van der Waals surface area contributed by atoms with E-state index in [1.165, 1.54) is 30.2 Å². The highest BCUT2D eigenvalue weighted by Crippen LogP contribution is 2.26. The number of ether oxygens (including phenoxy) is 2. The zero-order valence-corrected chi connectivity index (χ0v) is 17.6. The number of phenolic OH excluding ortho intramolecular Hbond substituents is 1. The summed E-state index contributed by atoms with van der Waals surface area (Å²) in [5.74, 6) is -0.845. The van der Waals surface area contributed by atoms with Gasteiger partial charge in [0.1, 0.15) is 0 Å². The molecule has 8 nitrogen and oxygen atoms in total. The maximum atomic E-state index is 12.6. The predicted octanol–water partition coefficient (Wildman–Crippen LogP) is 1.77. The number of aromatic hydroxyl groups is 1. The Balaban J connectivity index is 1.97. The number of rotatable bonds is 8. The summed E-state index contributed by atoms with van der Waals surface area (Å²) in [6.07, 6.45) is 3.71. The van der Waals surface area contributed by atoms with Crippen LogP contribution in [0.2, 0.25) is 0 Å². The number of amides is 1. The van der Waals surface area contributed by atoms with Crippen molar-refractivity contribution in [1.82, 2.24) is 4.90 Å². The highest BCUT2D eigenvalue weighted by atomic mass is 32.2. The lowest BCUT2D eigenvalue weighted by Gasteiger charge is -2.33. The van der Waals surface area contributed by atoms with E-state index in [2.05, 4.69) is 0 Å². The molecule has 1 aromatic rings. The molecule has 2 rings (SSSR count). The van der Waals surface area contributed by atoms with E-state index in [0.717, 1.165) is 0 Å². The van der Waals surface area contributed by atoms with Crippen LogP contribution in [0.15, 0.2) is 24.3 Å². The summed E-state index contributed by atoms with van der Waals surface area (Å²) in [5.41, 5.74) is 0.611. The van der Waals surface area contributed by atoms with Gasteiger partial charge in [-0.1, -0.05) is 13.0 Å². The van der Waals surface area contributed by atoms with Gasteiger partial charge in [0.2, 0.25) is 0 Å². The smallest absolute Gasteiger partial charge is 0.331 e. The number of carbonyl (C=O) groups excluding carboxylic acids is 2. The second kappa shape index (κ2) is 9.78. The van der Waals surface area contributed by atoms with Crippen LogP contribution >= 0.6 is 0 Å². The van der Waals surface area contributed by atoms with E-state index < -0.39 is 28.3 Å². The normalized spacial score (nSPS) is 19.1. The Hall–Kier alpha value is -2.55. The van der Waals surface area contributed by atoms with E-state index in [0.29, 0.717) is 18.4 Å². The van der Waals surface area contributed by atoms with Crippen molar-refractivity contribution < 1.29 is 32.6 Å². The molecule has 9 heteroatoms. The van der Waals surface area contributed by atoms with Gasteiger partial charge in [-0.2, -0.15) is 0 Å². The average molecular weight is 426 g/mol. The molecule has 0 unspecified atom stereocenters. The predicted molar refractivity (Wildman–Crippen MR) is 108 cm³/mol. The largest absolute Gasteiger partial charge is 0.504 e. The molecule has 0 aliphatic carbocycles. The Morgan fingerprint density at radius 2 is 2.10 bits per heavy atom. The average Bonchev–Trinajstić information content (AvgIpc) is 3.04. The molecule has 0 bridgehead atoms. The highest BCUT2D eigenvalue weighted by molar-refractivity contribution is 7.91. The number of sulfone groups is 1. The first kappa shape index (κ1) is 22.7. The molecule has 1 N–H and O–H groups in total. The quantitative estimate of drug-likeness (QED) is 0.499. The Morgan fingerprint density at radius 3 is 2.69 bits per heavy atom. The second-order valence-corrected chi connectivity index (χ2v) is 9.22. The Kier molecular flexibility index (Phi) is 7.66. The molecule has 0 aromatic heterocycles. The van der Waals surface area contributed by atoms with Gasteiger partial charge in [-0.15, -0.1) is 0 Å². The number of benzene rings is 1. The first-order valence-corrected chi connectivity index (χ1v) is 11.2. The molecule has 1 fully saturated rings. The van der Waals surface area contributed by atoms with Gasteiger partial charge in [-0.05, 0) is 43.5 Å². The molecule has 2 atom stereocenters. The minimum absolute atomic E-state index is 0.0168. The molecule has 29 heavy (non-hydrogen) atoms. The molecule has 1 heterocycles. The number of methoxy groups -OCH3 is 1. The molecule has 160 valence electrons. The SMILES string of the molecule is CC[C@@H](C)N(C(=O)COC(=O)/C=C/c1ccc(O)c(OC)c1)[C@@H]1CCS(=O)(=O)C1. The van der Waals surface area contributed by atoms with Gasteiger partial charge in [0.25, 0.3) is 5.91 Å². The van der Waals surface area contributed by atoms with Crippen LogP contribution in [-0.2, 0) is 24.2 Å². The molecule has 1 aromatic carbocycles. The van der Waals surface area contributed by atoms with Gasteiger partial charge in [-0.3, -0.25) is 4.79 Å². The summed E-state index contributed by atoms with van der Waals surface area (Å²) in [4.78, 5) is 26.1. The summed E-state index contributed by atoms with van der Waals surface area (Å²) in [6.45, 7) is 3.31. The summed E-state index contributed by atoms with van der Waals surface area (Å²) < 4.78 is 33.6. The fraction of sp³-hybridized carbons (Fsp3) is 0.500.